The van der Waals surface area contributed by atoms with Crippen LogP contribution in [-0.2, 0) is 14.8 Å². The summed E-state index contributed by atoms with van der Waals surface area (Å²) in [6, 6.07) is 9.43. The lowest BCUT2D eigenvalue weighted by Gasteiger charge is -2.28. The van der Waals surface area contributed by atoms with E-state index in [0.29, 0.717) is 5.69 Å². The van der Waals surface area contributed by atoms with Gasteiger partial charge < -0.3 is 5.32 Å². The third-order valence-corrected chi connectivity index (χ3v) is 5.19. The largest absolute Gasteiger partial charge is 0.324 e. The molecule has 0 saturated carbocycles. The molecular weight excluding hydrogens is 343 g/mol. The summed E-state index contributed by atoms with van der Waals surface area (Å²) in [7, 11) is -3.73. The van der Waals surface area contributed by atoms with Crippen LogP contribution in [0.15, 0.2) is 42.5 Å². The van der Waals surface area contributed by atoms with E-state index in [1.807, 2.05) is 26.0 Å². The molecule has 25 heavy (non-hydrogen) atoms. The lowest BCUT2D eigenvalue weighted by molar-refractivity contribution is -0.116. The van der Waals surface area contributed by atoms with Gasteiger partial charge in [0.25, 0.3) is 0 Å². The Hall–Kier alpha value is -2.41. The molecule has 0 radical (unpaired) electrons. The molecule has 0 aromatic heterocycles. The summed E-state index contributed by atoms with van der Waals surface area (Å²) in [5.74, 6) is -0.956. The van der Waals surface area contributed by atoms with Gasteiger partial charge in [-0.25, -0.2) is 12.8 Å². The van der Waals surface area contributed by atoms with Crippen molar-refractivity contribution in [2.24, 2.45) is 0 Å². The maximum absolute atomic E-state index is 13.1. The molecule has 0 aliphatic heterocycles. The first-order valence-electron chi connectivity index (χ1n) is 7.72. The van der Waals surface area contributed by atoms with E-state index in [9.17, 15) is 17.6 Å². The SMILES string of the molecule is Cc1ccc(NC(=O)C(C)N(c2ccc(F)cc2)S(C)(=O)=O)cc1C. The molecule has 5 nitrogen and oxygen atoms in total. The third kappa shape index (κ3) is 4.57. The minimum atomic E-state index is -3.73. The number of amides is 1. The highest BCUT2D eigenvalue weighted by atomic mass is 32.2. The molecule has 0 fully saturated rings. The summed E-state index contributed by atoms with van der Waals surface area (Å²) in [6.45, 7) is 5.38. The first kappa shape index (κ1) is 18.9. The van der Waals surface area contributed by atoms with Crippen molar-refractivity contribution in [3.63, 3.8) is 0 Å². The molecule has 1 atom stereocenters. The van der Waals surface area contributed by atoms with Gasteiger partial charge >= 0.3 is 0 Å². The summed E-state index contributed by atoms with van der Waals surface area (Å²) in [5, 5.41) is 2.72. The molecule has 7 heteroatoms. The zero-order valence-electron chi connectivity index (χ0n) is 14.6. The molecule has 1 amide bonds. The van der Waals surface area contributed by atoms with Gasteiger partial charge in [-0.05, 0) is 68.3 Å². The number of halogens is 1. The summed E-state index contributed by atoms with van der Waals surface area (Å²) in [4.78, 5) is 12.5. The molecule has 0 bridgehead atoms. The Kier molecular flexibility index (Phi) is 5.47. The minimum Gasteiger partial charge on any atom is -0.324 e. The van der Waals surface area contributed by atoms with Crippen LogP contribution in [0.4, 0.5) is 15.8 Å². The van der Waals surface area contributed by atoms with Gasteiger partial charge in [0.1, 0.15) is 11.9 Å². The van der Waals surface area contributed by atoms with Crippen molar-refractivity contribution in [3.8, 4) is 0 Å². The molecule has 0 saturated heterocycles. The van der Waals surface area contributed by atoms with E-state index >= 15 is 0 Å². The fourth-order valence-corrected chi connectivity index (χ4v) is 3.64. The van der Waals surface area contributed by atoms with Crippen molar-refractivity contribution >= 4 is 27.3 Å². The molecule has 0 aliphatic carbocycles. The predicted molar refractivity (Wildman–Crippen MR) is 97.7 cm³/mol. The van der Waals surface area contributed by atoms with Gasteiger partial charge in [-0.15, -0.1) is 0 Å². The lowest BCUT2D eigenvalue weighted by atomic mass is 10.1. The predicted octanol–water partition coefficient (Wildman–Crippen LogP) is 3.24. The van der Waals surface area contributed by atoms with Gasteiger partial charge in [-0.1, -0.05) is 6.07 Å². The zero-order chi connectivity index (χ0) is 18.8. The summed E-state index contributed by atoms with van der Waals surface area (Å²) in [6.07, 6.45) is 1.01. The van der Waals surface area contributed by atoms with Crippen LogP contribution < -0.4 is 9.62 Å². The maximum atomic E-state index is 13.1. The lowest BCUT2D eigenvalue weighted by Crippen LogP contribution is -2.45. The molecule has 0 aliphatic rings. The second-order valence-electron chi connectivity index (χ2n) is 6.00. The quantitative estimate of drug-likeness (QED) is 0.886. The van der Waals surface area contributed by atoms with Crippen LogP contribution >= 0.6 is 0 Å². The molecule has 0 heterocycles. The Bertz CT molecular complexity index is 880. The number of carbonyl (C=O) groups is 1. The van der Waals surface area contributed by atoms with E-state index < -0.39 is 27.8 Å². The summed E-state index contributed by atoms with van der Waals surface area (Å²) in [5.41, 5.74) is 2.93. The number of sulfonamides is 1. The highest BCUT2D eigenvalue weighted by Gasteiger charge is 2.29. The summed E-state index contributed by atoms with van der Waals surface area (Å²) >= 11 is 0. The van der Waals surface area contributed by atoms with E-state index in [2.05, 4.69) is 5.32 Å². The molecule has 2 aromatic carbocycles. The van der Waals surface area contributed by atoms with Crippen LogP contribution in [-0.4, -0.2) is 26.6 Å². The Morgan fingerprint density at radius 2 is 1.68 bits per heavy atom. The number of anilines is 2. The van der Waals surface area contributed by atoms with E-state index in [0.717, 1.165) is 33.8 Å². The maximum Gasteiger partial charge on any atom is 0.247 e. The molecule has 0 spiro atoms. The van der Waals surface area contributed by atoms with Gasteiger partial charge in [0.05, 0.1) is 11.9 Å². The van der Waals surface area contributed by atoms with Gasteiger partial charge in [0, 0.05) is 5.69 Å². The highest BCUT2D eigenvalue weighted by molar-refractivity contribution is 7.92. The van der Waals surface area contributed by atoms with Crippen LogP contribution in [0.5, 0.6) is 0 Å². The molecule has 1 N–H and O–H groups in total. The number of hydrogen-bond acceptors (Lipinski definition) is 3. The Morgan fingerprint density at radius 3 is 2.20 bits per heavy atom. The van der Waals surface area contributed by atoms with Crippen molar-refractivity contribution in [1.82, 2.24) is 0 Å². The topological polar surface area (TPSA) is 66.5 Å². The van der Waals surface area contributed by atoms with E-state index in [1.165, 1.54) is 19.1 Å². The van der Waals surface area contributed by atoms with Crippen LogP contribution in [0.3, 0.4) is 0 Å². The Balaban J connectivity index is 2.29. The average Bonchev–Trinajstić information content (AvgIpc) is 2.51. The molecular formula is C18H21FN2O3S. The van der Waals surface area contributed by atoms with Crippen molar-refractivity contribution in [2.45, 2.75) is 26.8 Å². The van der Waals surface area contributed by atoms with Gasteiger partial charge in [0.2, 0.25) is 15.9 Å². The minimum absolute atomic E-state index is 0.228. The Labute approximate surface area is 147 Å². The average molecular weight is 364 g/mol. The van der Waals surface area contributed by atoms with Crippen LogP contribution in [0, 0.1) is 19.7 Å². The van der Waals surface area contributed by atoms with Crippen LogP contribution in [0.2, 0.25) is 0 Å². The normalized spacial score (nSPS) is 12.5. The van der Waals surface area contributed by atoms with E-state index in [1.54, 1.807) is 6.07 Å². The second-order valence-corrected chi connectivity index (χ2v) is 7.86. The number of aryl methyl sites for hydroxylation is 2. The monoisotopic (exact) mass is 364 g/mol. The van der Waals surface area contributed by atoms with Crippen molar-refractivity contribution in [2.75, 3.05) is 15.9 Å². The fourth-order valence-electron chi connectivity index (χ4n) is 2.46. The van der Waals surface area contributed by atoms with E-state index in [4.69, 9.17) is 0 Å². The number of hydrogen-bond donors (Lipinski definition) is 1. The second kappa shape index (κ2) is 7.23. The van der Waals surface area contributed by atoms with Crippen molar-refractivity contribution in [3.05, 3.63) is 59.4 Å². The standard InChI is InChI=1S/C18H21FN2O3S/c1-12-5-8-16(11-13(12)2)20-18(22)14(3)21(25(4,23)24)17-9-6-15(19)7-10-17/h5-11,14H,1-4H3,(H,20,22). The number of nitrogens with one attached hydrogen (secondary N) is 1. The zero-order valence-corrected chi connectivity index (χ0v) is 15.4. The summed E-state index contributed by atoms with van der Waals surface area (Å²) < 4.78 is 38.4. The number of rotatable bonds is 5. The number of nitrogens with zero attached hydrogens (tertiary/aromatic N) is 1. The van der Waals surface area contributed by atoms with Crippen LogP contribution in [0.25, 0.3) is 0 Å². The van der Waals surface area contributed by atoms with Crippen LogP contribution in [0.1, 0.15) is 18.1 Å². The molecule has 134 valence electrons. The third-order valence-electron chi connectivity index (χ3n) is 3.94. The number of carbonyl (C=O) groups excluding carboxylic acids is 1. The molecule has 2 aromatic rings. The first-order chi connectivity index (χ1) is 11.6. The van der Waals surface area contributed by atoms with Gasteiger partial charge in [-0.2, -0.15) is 0 Å². The van der Waals surface area contributed by atoms with E-state index in [-0.39, 0.29) is 5.69 Å². The van der Waals surface area contributed by atoms with Crippen molar-refractivity contribution < 1.29 is 17.6 Å². The van der Waals surface area contributed by atoms with Crippen molar-refractivity contribution in [1.29, 1.82) is 0 Å². The van der Waals surface area contributed by atoms with Gasteiger partial charge in [0.15, 0.2) is 0 Å². The fraction of sp³-hybridized carbons (Fsp3) is 0.278. The van der Waals surface area contributed by atoms with Gasteiger partial charge in [-0.3, -0.25) is 9.10 Å². The first-order valence-corrected chi connectivity index (χ1v) is 9.57. The Morgan fingerprint density at radius 1 is 1.08 bits per heavy atom. The number of benzene rings is 2. The smallest absolute Gasteiger partial charge is 0.247 e. The molecule has 2 rings (SSSR count). The molecule has 1 unspecified atom stereocenters. The highest BCUT2D eigenvalue weighted by Crippen LogP contribution is 2.22.